The summed E-state index contributed by atoms with van der Waals surface area (Å²) < 4.78 is 6.12. The van der Waals surface area contributed by atoms with Crippen molar-refractivity contribution in [1.82, 2.24) is 0 Å². The zero-order valence-electron chi connectivity index (χ0n) is 14.4. The lowest BCUT2D eigenvalue weighted by Crippen LogP contribution is -2.20. The quantitative estimate of drug-likeness (QED) is 0.819. The molecule has 0 saturated carbocycles. The minimum absolute atomic E-state index is 0.00169. The summed E-state index contributed by atoms with van der Waals surface area (Å²) in [5, 5.41) is 2.85. The van der Waals surface area contributed by atoms with Gasteiger partial charge in [0.1, 0.15) is 5.75 Å². The molecule has 1 heterocycles. The molecule has 1 N–H and O–H groups in total. The van der Waals surface area contributed by atoms with Crippen LogP contribution in [-0.4, -0.2) is 38.1 Å². The van der Waals surface area contributed by atoms with Crippen LogP contribution in [0.4, 0.5) is 11.4 Å². The Morgan fingerprint density at radius 1 is 1.08 bits per heavy atom. The Labute approximate surface area is 157 Å². The van der Waals surface area contributed by atoms with Crippen molar-refractivity contribution in [3.63, 3.8) is 0 Å². The highest BCUT2D eigenvalue weighted by molar-refractivity contribution is 8.19. The highest BCUT2D eigenvalue weighted by Gasteiger charge is 2.18. The van der Waals surface area contributed by atoms with Crippen molar-refractivity contribution in [1.29, 1.82) is 0 Å². The molecule has 1 aliphatic rings. The number of carbonyl (C=O) groups is 1. The van der Waals surface area contributed by atoms with E-state index in [4.69, 9.17) is 4.74 Å². The first-order chi connectivity index (χ1) is 12.1. The van der Waals surface area contributed by atoms with Crippen LogP contribution in [0.5, 0.6) is 5.75 Å². The van der Waals surface area contributed by atoms with E-state index in [0.29, 0.717) is 4.58 Å². The van der Waals surface area contributed by atoms with Crippen molar-refractivity contribution in [3.05, 3.63) is 54.1 Å². The number of nitrogens with one attached hydrogen (secondary N) is 1. The number of anilines is 2. The average molecular weight is 375 g/mol. The number of hydrogen-bond acceptors (Lipinski definition) is 5. The van der Waals surface area contributed by atoms with Crippen LogP contribution in [0, 0.1) is 0 Å². The third-order valence-corrected chi connectivity index (χ3v) is 6.92. The van der Waals surface area contributed by atoms with Crippen molar-refractivity contribution < 1.29 is 9.53 Å². The van der Waals surface area contributed by atoms with Gasteiger partial charge in [0.05, 0.1) is 4.58 Å². The van der Waals surface area contributed by atoms with E-state index in [9.17, 15) is 4.79 Å². The van der Waals surface area contributed by atoms with Crippen molar-refractivity contribution in [2.45, 2.75) is 4.58 Å². The third kappa shape index (κ3) is 5.09. The van der Waals surface area contributed by atoms with Crippen molar-refractivity contribution in [2.75, 3.05) is 42.4 Å². The first-order valence-electron chi connectivity index (χ1n) is 8.15. The van der Waals surface area contributed by atoms with Crippen molar-refractivity contribution in [3.8, 4) is 5.75 Å². The lowest BCUT2D eigenvalue weighted by molar-refractivity contribution is -0.118. The molecule has 1 amide bonds. The number of nitrogens with zero attached hydrogens (tertiary/aromatic N) is 1. The zero-order chi connectivity index (χ0) is 17.6. The first kappa shape index (κ1) is 18.0. The molecule has 0 bridgehead atoms. The molecule has 132 valence electrons. The molecule has 0 aliphatic carbocycles. The highest BCUT2D eigenvalue weighted by atomic mass is 32.2. The van der Waals surface area contributed by atoms with E-state index < -0.39 is 0 Å². The van der Waals surface area contributed by atoms with E-state index in [2.05, 4.69) is 17.4 Å². The van der Waals surface area contributed by atoms with Gasteiger partial charge in [-0.15, -0.1) is 23.5 Å². The van der Waals surface area contributed by atoms with Gasteiger partial charge < -0.3 is 15.0 Å². The summed E-state index contributed by atoms with van der Waals surface area (Å²) in [6.07, 6.45) is 0. The van der Waals surface area contributed by atoms with Gasteiger partial charge in [-0.25, -0.2) is 0 Å². The highest BCUT2D eigenvalue weighted by Crippen LogP contribution is 2.45. The van der Waals surface area contributed by atoms with Gasteiger partial charge in [0.25, 0.3) is 5.91 Å². The van der Waals surface area contributed by atoms with Crippen molar-refractivity contribution >= 4 is 40.8 Å². The molecular formula is C19H22N2O2S2. The van der Waals surface area contributed by atoms with Crippen LogP contribution >= 0.6 is 23.5 Å². The van der Waals surface area contributed by atoms with E-state index in [-0.39, 0.29) is 12.5 Å². The maximum atomic E-state index is 12.0. The SMILES string of the molecule is CN(C)c1ccc(NC(=O)COc2ccc(C3SCCS3)cc2)cc1. The number of thioether (sulfide) groups is 2. The number of carbonyl (C=O) groups excluding carboxylic acids is 1. The van der Waals surface area contributed by atoms with E-state index in [1.807, 2.05) is 78.9 Å². The molecule has 1 aliphatic heterocycles. The largest absolute Gasteiger partial charge is 0.484 e. The lowest BCUT2D eigenvalue weighted by atomic mass is 10.2. The fourth-order valence-corrected chi connectivity index (χ4v) is 5.32. The van der Waals surface area contributed by atoms with Gasteiger partial charge in [-0.1, -0.05) is 12.1 Å². The monoisotopic (exact) mass is 374 g/mol. The molecule has 0 aromatic heterocycles. The molecule has 4 nitrogen and oxygen atoms in total. The van der Waals surface area contributed by atoms with Crippen LogP contribution in [0.25, 0.3) is 0 Å². The summed E-state index contributed by atoms with van der Waals surface area (Å²) in [6, 6.07) is 15.8. The number of amides is 1. The van der Waals surface area contributed by atoms with Gasteiger partial charge in [-0.05, 0) is 42.0 Å². The van der Waals surface area contributed by atoms with Crippen LogP contribution in [0.3, 0.4) is 0 Å². The topological polar surface area (TPSA) is 41.6 Å². The molecule has 2 aromatic rings. The smallest absolute Gasteiger partial charge is 0.262 e. The van der Waals surface area contributed by atoms with E-state index in [1.54, 1.807) is 0 Å². The predicted molar refractivity (Wildman–Crippen MR) is 109 cm³/mol. The molecule has 3 rings (SSSR count). The number of rotatable bonds is 6. The summed E-state index contributed by atoms with van der Waals surface area (Å²) in [5.41, 5.74) is 3.17. The Bertz CT molecular complexity index is 696. The first-order valence-corrected chi connectivity index (χ1v) is 10.2. The molecular weight excluding hydrogens is 352 g/mol. The van der Waals surface area contributed by atoms with E-state index >= 15 is 0 Å². The average Bonchev–Trinajstić information content (AvgIpc) is 3.15. The van der Waals surface area contributed by atoms with Crippen LogP contribution < -0.4 is 15.0 Å². The second-order valence-electron chi connectivity index (χ2n) is 5.92. The molecule has 0 atom stereocenters. The van der Waals surface area contributed by atoms with Crippen LogP contribution in [0.1, 0.15) is 10.1 Å². The summed E-state index contributed by atoms with van der Waals surface area (Å²) in [5.74, 6) is 2.98. The summed E-state index contributed by atoms with van der Waals surface area (Å²) >= 11 is 3.96. The van der Waals surface area contributed by atoms with Gasteiger partial charge in [-0.3, -0.25) is 4.79 Å². The molecule has 1 saturated heterocycles. The molecule has 25 heavy (non-hydrogen) atoms. The normalized spacial score (nSPS) is 14.3. The Kier molecular flexibility index (Phi) is 6.15. The van der Waals surface area contributed by atoms with E-state index in [0.717, 1.165) is 17.1 Å². The predicted octanol–water partition coefficient (Wildman–Crippen LogP) is 4.25. The minimum Gasteiger partial charge on any atom is -0.484 e. The zero-order valence-corrected chi connectivity index (χ0v) is 16.0. The molecule has 0 unspecified atom stereocenters. The number of benzene rings is 2. The second-order valence-corrected chi connectivity index (χ2v) is 8.65. The summed E-state index contributed by atoms with van der Waals surface area (Å²) in [6.45, 7) is 0.00169. The molecule has 6 heteroatoms. The summed E-state index contributed by atoms with van der Waals surface area (Å²) in [7, 11) is 3.97. The molecule has 0 spiro atoms. The standard InChI is InChI=1S/C19H22N2O2S2/c1-21(2)16-7-5-15(6-8-16)20-18(22)13-23-17-9-3-14(4-10-17)19-24-11-12-25-19/h3-10,19H,11-13H2,1-2H3,(H,20,22). The van der Waals surface area contributed by atoms with Gasteiger partial charge in [-0.2, -0.15) is 0 Å². The Hall–Kier alpha value is -1.79. The summed E-state index contributed by atoms with van der Waals surface area (Å²) in [4.78, 5) is 14.0. The number of ether oxygens (including phenoxy) is 1. The molecule has 0 radical (unpaired) electrons. The Morgan fingerprint density at radius 3 is 2.32 bits per heavy atom. The van der Waals surface area contributed by atoms with Crippen molar-refractivity contribution in [2.24, 2.45) is 0 Å². The minimum atomic E-state index is -0.163. The second kappa shape index (κ2) is 8.54. The van der Waals surface area contributed by atoms with Crippen LogP contribution in [0.2, 0.25) is 0 Å². The van der Waals surface area contributed by atoms with Gasteiger partial charge in [0, 0.05) is 37.0 Å². The fraction of sp³-hybridized carbons (Fsp3) is 0.316. The van der Waals surface area contributed by atoms with Gasteiger partial charge >= 0.3 is 0 Å². The Morgan fingerprint density at radius 2 is 1.72 bits per heavy atom. The maximum absolute atomic E-state index is 12.0. The molecule has 2 aromatic carbocycles. The lowest BCUT2D eigenvalue weighted by Gasteiger charge is -2.13. The third-order valence-electron chi connectivity index (χ3n) is 3.81. The van der Waals surface area contributed by atoms with Crippen LogP contribution in [0.15, 0.2) is 48.5 Å². The Balaban J connectivity index is 1.48. The molecule has 1 fully saturated rings. The van der Waals surface area contributed by atoms with E-state index in [1.165, 1.54) is 17.1 Å². The van der Waals surface area contributed by atoms with Gasteiger partial charge in [0.2, 0.25) is 0 Å². The fourth-order valence-electron chi connectivity index (χ4n) is 2.46. The number of hydrogen-bond donors (Lipinski definition) is 1. The maximum Gasteiger partial charge on any atom is 0.262 e. The van der Waals surface area contributed by atoms with Gasteiger partial charge in [0.15, 0.2) is 6.61 Å². The van der Waals surface area contributed by atoms with Crippen LogP contribution in [-0.2, 0) is 4.79 Å².